The Hall–Kier alpha value is -1.92. The Balaban J connectivity index is -0.000000403. The van der Waals surface area contributed by atoms with Crippen molar-refractivity contribution < 1.29 is 9.90 Å². The molecule has 2 rings (SSSR count). The van der Waals surface area contributed by atoms with Crippen LogP contribution in [0.1, 0.15) is 58.1 Å². The van der Waals surface area contributed by atoms with Crippen molar-refractivity contribution >= 4 is 19.5 Å². The van der Waals surface area contributed by atoms with Crippen LogP contribution in [0.25, 0.3) is 0 Å². The van der Waals surface area contributed by atoms with E-state index in [1.807, 2.05) is 65.0 Å². The van der Waals surface area contributed by atoms with E-state index in [1.54, 1.807) is 12.3 Å². The maximum Gasteiger partial charge on any atom is 0.309 e. The van der Waals surface area contributed by atoms with Gasteiger partial charge in [0.1, 0.15) is 0 Å². The van der Waals surface area contributed by atoms with Gasteiger partial charge in [-0.2, -0.15) is 13.5 Å². The predicted octanol–water partition coefficient (Wildman–Crippen LogP) is 4.76. The second-order valence-corrected chi connectivity index (χ2v) is 4.84. The molecule has 154 valence electrons. The van der Waals surface area contributed by atoms with Crippen molar-refractivity contribution in [3.63, 3.8) is 0 Å². The van der Waals surface area contributed by atoms with E-state index in [1.165, 1.54) is 0 Å². The first kappa shape index (κ1) is 29.8. The Morgan fingerprint density at radius 1 is 1.04 bits per heavy atom. The fourth-order valence-electron chi connectivity index (χ4n) is 1.72. The maximum absolute atomic E-state index is 10.5. The number of aromatic nitrogens is 2. The second-order valence-electron chi connectivity index (χ2n) is 4.84. The number of rotatable bonds is 6. The number of carbonyl (C=O) groups is 1. The summed E-state index contributed by atoms with van der Waals surface area (Å²) < 4.78 is 0. The lowest BCUT2D eigenvalue weighted by Crippen LogP contribution is -2.15. The van der Waals surface area contributed by atoms with Gasteiger partial charge in [-0.25, -0.2) is 0 Å². The number of aryl methyl sites for hydroxylation is 1. The number of carboxylic acid groups (broad SMARTS) is 1. The predicted molar refractivity (Wildman–Crippen MR) is 120 cm³/mol. The van der Waals surface area contributed by atoms with Crippen LogP contribution in [0.4, 0.5) is 0 Å². The highest BCUT2D eigenvalue weighted by Crippen LogP contribution is 2.00. The molecular formula is C21H37N3O2S. The van der Waals surface area contributed by atoms with Crippen LogP contribution < -0.4 is 5.32 Å². The number of nitrogens with one attached hydrogen (secondary N) is 1. The van der Waals surface area contributed by atoms with Crippen molar-refractivity contribution in [1.29, 1.82) is 0 Å². The summed E-state index contributed by atoms with van der Waals surface area (Å²) in [5.41, 5.74) is 2.57. The molecule has 0 aliphatic carbocycles. The van der Waals surface area contributed by atoms with Gasteiger partial charge in [0.15, 0.2) is 0 Å². The molecule has 5 nitrogen and oxygen atoms in total. The Kier molecular flexibility index (Phi) is 24.4. The van der Waals surface area contributed by atoms with E-state index in [0.717, 1.165) is 24.4 Å². The molecule has 2 aromatic heterocycles. The summed E-state index contributed by atoms with van der Waals surface area (Å²) in [4.78, 5) is 18.7. The van der Waals surface area contributed by atoms with Gasteiger partial charge < -0.3 is 10.4 Å². The Morgan fingerprint density at radius 2 is 1.67 bits per heavy atom. The van der Waals surface area contributed by atoms with Crippen LogP contribution in [0.2, 0.25) is 0 Å². The third kappa shape index (κ3) is 18.7. The van der Waals surface area contributed by atoms with Crippen LogP contribution in [0.15, 0.2) is 42.6 Å². The molecule has 27 heavy (non-hydrogen) atoms. The molecule has 0 atom stereocenters. The number of carboxylic acids is 1. The highest BCUT2D eigenvalue weighted by Gasteiger charge is 2.02. The Labute approximate surface area is 172 Å². The van der Waals surface area contributed by atoms with E-state index in [9.17, 15) is 4.79 Å². The first-order valence-electron chi connectivity index (χ1n) is 9.36. The summed E-state index contributed by atoms with van der Waals surface area (Å²) in [6, 6.07) is 11.3. The van der Waals surface area contributed by atoms with Gasteiger partial charge in [0.05, 0.1) is 17.8 Å². The molecule has 0 aliphatic rings. The van der Waals surface area contributed by atoms with Gasteiger partial charge in [-0.15, -0.1) is 0 Å². The van der Waals surface area contributed by atoms with Crippen molar-refractivity contribution in [3.05, 3.63) is 59.7 Å². The molecule has 0 aromatic carbocycles. The van der Waals surface area contributed by atoms with E-state index in [-0.39, 0.29) is 19.9 Å². The molecule has 2 aromatic rings. The highest BCUT2D eigenvalue weighted by molar-refractivity contribution is 7.59. The average molecular weight is 396 g/mol. The molecule has 6 heteroatoms. The fourth-order valence-corrected chi connectivity index (χ4v) is 1.72. The molecule has 0 fully saturated rings. The van der Waals surface area contributed by atoms with E-state index >= 15 is 0 Å². The molecule has 0 unspecified atom stereocenters. The van der Waals surface area contributed by atoms with Gasteiger partial charge in [0.25, 0.3) is 0 Å². The standard InChI is InChI=1S/C11H16N2O2.C6H7N.2C2H6.H2S/c1-2-6-12-8-10-5-3-4-9(13-10)7-11(14)15;1-6-4-2-3-5-7-6;2*1-2;/h3-5,12H,2,6-8H2,1H3,(H,14,15);2-5H,1H3;2*1-2H3;1H2. The average Bonchev–Trinajstić information content (AvgIpc) is 2.66. The molecule has 0 spiro atoms. The third-order valence-electron chi connectivity index (χ3n) is 2.74. The molecule has 2 N–H and O–H groups in total. The van der Waals surface area contributed by atoms with Crippen LogP contribution in [-0.2, 0) is 17.8 Å². The summed E-state index contributed by atoms with van der Waals surface area (Å²) in [6.07, 6.45) is 2.85. The second kappa shape index (κ2) is 22.1. The minimum atomic E-state index is -0.846. The first-order chi connectivity index (χ1) is 12.6. The van der Waals surface area contributed by atoms with Gasteiger partial charge in [-0.05, 0) is 44.2 Å². The summed E-state index contributed by atoms with van der Waals surface area (Å²) in [7, 11) is 0. The van der Waals surface area contributed by atoms with Crippen molar-refractivity contribution in [2.45, 2.75) is 60.9 Å². The maximum atomic E-state index is 10.5. The lowest BCUT2D eigenvalue weighted by Gasteiger charge is -2.04. The number of hydrogen-bond acceptors (Lipinski definition) is 4. The van der Waals surface area contributed by atoms with Gasteiger partial charge in [-0.3, -0.25) is 14.8 Å². The number of pyridine rings is 2. The van der Waals surface area contributed by atoms with Gasteiger partial charge in [-0.1, -0.05) is 46.8 Å². The molecule has 0 saturated carbocycles. The zero-order valence-electron chi connectivity index (χ0n) is 17.6. The van der Waals surface area contributed by atoms with Crippen LogP contribution in [0.3, 0.4) is 0 Å². The van der Waals surface area contributed by atoms with Crippen LogP contribution in [-0.4, -0.2) is 27.6 Å². The lowest BCUT2D eigenvalue weighted by molar-refractivity contribution is -0.136. The molecule has 2 heterocycles. The zero-order chi connectivity index (χ0) is 20.2. The van der Waals surface area contributed by atoms with Crippen LogP contribution in [0.5, 0.6) is 0 Å². The number of nitrogens with zero attached hydrogens (tertiary/aromatic N) is 2. The summed E-state index contributed by atoms with van der Waals surface area (Å²) >= 11 is 0. The summed E-state index contributed by atoms with van der Waals surface area (Å²) in [5, 5.41) is 11.8. The zero-order valence-corrected chi connectivity index (χ0v) is 18.6. The van der Waals surface area contributed by atoms with Crippen molar-refractivity contribution in [2.24, 2.45) is 0 Å². The van der Waals surface area contributed by atoms with E-state index in [0.29, 0.717) is 12.2 Å². The van der Waals surface area contributed by atoms with Crippen LogP contribution in [0, 0.1) is 6.92 Å². The monoisotopic (exact) mass is 395 g/mol. The minimum absolute atomic E-state index is 0. The topological polar surface area (TPSA) is 75.1 Å². The van der Waals surface area contributed by atoms with Gasteiger partial charge >= 0.3 is 5.97 Å². The van der Waals surface area contributed by atoms with Crippen LogP contribution >= 0.6 is 13.5 Å². The van der Waals surface area contributed by atoms with E-state index in [4.69, 9.17) is 5.11 Å². The largest absolute Gasteiger partial charge is 0.481 e. The normalized spacial score (nSPS) is 8.37. The van der Waals surface area contributed by atoms with Crippen molar-refractivity contribution in [1.82, 2.24) is 15.3 Å². The highest BCUT2D eigenvalue weighted by atomic mass is 32.1. The fraction of sp³-hybridized carbons (Fsp3) is 0.476. The van der Waals surface area contributed by atoms with E-state index in [2.05, 4.69) is 22.2 Å². The summed E-state index contributed by atoms with van der Waals surface area (Å²) in [6.45, 7) is 13.7. The SMILES string of the molecule is CC.CC.CCCNCc1cccc(CC(=O)O)n1.Cc1ccccn1.S. The van der Waals surface area contributed by atoms with Gasteiger partial charge in [0.2, 0.25) is 0 Å². The number of hydrogen-bond donors (Lipinski definition) is 2. The third-order valence-corrected chi connectivity index (χ3v) is 2.74. The first-order valence-corrected chi connectivity index (χ1v) is 9.36. The van der Waals surface area contributed by atoms with Crippen molar-refractivity contribution in [2.75, 3.05) is 6.54 Å². The number of aliphatic carboxylic acids is 1. The Morgan fingerprint density at radius 3 is 2.11 bits per heavy atom. The van der Waals surface area contributed by atoms with E-state index < -0.39 is 5.97 Å². The molecule has 0 aliphatic heterocycles. The quantitative estimate of drug-likeness (QED) is 0.690. The molecule has 0 radical (unpaired) electrons. The lowest BCUT2D eigenvalue weighted by atomic mass is 10.2. The summed E-state index contributed by atoms with van der Waals surface area (Å²) in [5.74, 6) is -0.846. The smallest absolute Gasteiger partial charge is 0.309 e. The molecule has 0 bridgehead atoms. The van der Waals surface area contributed by atoms with Gasteiger partial charge in [0, 0.05) is 18.4 Å². The molecule has 0 amide bonds. The molecular weight excluding hydrogens is 358 g/mol. The van der Waals surface area contributed by atoms with Crippen molar-refractivity contribution in [3.8, 4) is 0 Å². The minimum Gasteiger partial charge on any atom is -0.481 e. The Bertz CT molecular complexity index is 566. The molecule has 0 saturated heterocycles.